The molecule has 0 N–H and O–H groups in total. The van der Waals surface area contributed by atoms with Gasteiger partial charge >= 0.3 is 0 Å². The molecule has 7 nitrogen and oxygen atoms in total. The fourth-order valence-corrected chi connectivity index (χ4v) is 3.89. The fourth-order valence-electron chi connectivity index (χ4n) is 3.89. The number of aromatic nitrogens is 2. The van der Waals surface area contributed by atoms with Gasteiger partial charge in [-0.3, -0.25) is 4.79 Å². The van der Waals surface area contributed by atoms with Gasteiger partial charge in [0.25, 0.3) is 5.91 Å². The van der Waals surface area contributed by atoms with E-state index in [1.54, 1.807) is 26.0 Å². The van der Waals surface area contributed by atoms with Gasteiger partial charge in [0, 0.05) is 12.6 Å². The Morgan fingerprint density at radius 1 is 1.19 bits per heavy atom. The number of nitrogens with zero attached hydrogens (tertiary/aromatic N) is 3. The molecule has 0 aliphatic heterocycles. The lowest BCUT2D eigenvalue weighted by Gasteiger charge is -2.24. The number of methoxy groups -OCH3 is 1. The molecule has 0 unspecified atom stereocenters. The molecule has 0 spiro atoms. The maximum Gasteiger partial charge on any atom is 0.263 e. The predicted molar refractivity (Wildman–Crippen MR) is 116 cm³/mol. The quantitative estimate of drug-likeness (QED) is 0.573. The van der Waals surface area contributed by atoms with Gasteiger partial charge in [-0.05, 0) is 61.9 Å². The van der Waals surface area contributed by atoms with Crippen LogP contribution in [0.25, 0.3) is 11.4 Å². The van der Waals surface area contributed by atoms with Gasteiger partial charge in [-0.2, -0.15) is 4.98 Å². The van der Waals surface area contributed by atoms with E-state index < -0.39 is 6.10 Å². The topological polar surface area (TPSA) is 77.7 Å². The van der Waals surface area contributed by atoms with Crippen LogP contribution >= 0.6 is 0 Å². The normalized spacial score (nSPS) is 13.9. The second-order valence-electron chi connectivity index (χ2n) is 7.80. The number of fused-ring (bicyclic) bond motifs is 1. The SMILES string of the molecule is COc1cccc(-c2noc(CN(C)C(=O)[C@H](C)Oc3cccc4c3CCCC4)n2)c1. The Kier molecular flexibility index (Phi) is 6.21. The molecule has 1 heterocycles. The Hall–Kier alpha value is -3.35. The second kappa shape index (κ2) is 9.20. The van der Waals surface area contributed by atoms with Crippen LogP contribution in [-0.4, -0.2) is 41.2 Å². The van der Waals surface area contributed by atoms with Crippen molar-refractivity contribution >= 4 is 5.91 Å². The average molecular weight is 421 g/mol. The van der Waals surface area contributed by atoms with Crippen molar-refractivity contribution < 1.29 is 18.8 Å². The van der Waals surface area contributed by atoms with Gasteiger partial charge in [0.05, 0.1) is 13.7 Å². The van der Waals surface area contributed by atoms with E-state index in [4.69, 9.17) is 14.0 Å². The summed E-state index contributed by atoms with van der Waals surface area (Å²) in [5, 5.41) is 4.02. The van der Waals surface area contributed by atoms with Gasteiger partial charge < -0.3 is 18.9 Å². The Morgan fingerprint density at radius 3 is 2.84 bits per heavy atom. The largest absolute Gasteiger partial charge is 0.497 e. The molecule has 0 fully saturated rings. The Morgan fingerprint density at radius 2 is 2.00 bits per heavy atom. The van der Waals surface area contributed by atoms with Gasteiger partial charge in [0.15, 0.2) is 6.10 Å². The molecule has 0 saturated carbocycles. The van der Waals surface area contributed by atoms with Crippen molar-refractivity contribution in [1.29, 1.82) is 0 Å². The van der Waals surface area contributed by atoms with Crippen molar-refractivity contribution in [3.8, 4) is 22.9 Å². The van der Waals surface area contributed by atoms with Crippen molar-refractivity contribution in [3.63, 3.8) is 0 Å². The lowest BCUT2D eigenvalue weighted by molar-refractivity contribution is -0.137. The first-order valence-corrected chi connectivity index (χ1v) is 10.5. The van der Waals surface area contributed by atoms with E-state index in [1.807, 2.05) is 36.4 Å². The number of likely N-dealkylation sites (N-methyl/N-ethyl adjacent to an activating group) is 1. The van der Waals surface area contributed by atoms with Crippen LogP contribution < -0.4 is 9.47 Å². The van der Waals surface area contributed by atoms with E-state index in [0.29, 0.717) is 17.5 Å². The first-order valence-electron chi connectivity index (χ1n) is 10.5. The second-order valence-corrected chi connectivity index (χ2v) is 7.80. The fraction of sp³-hybridized carbons (Fsp3) is 0.375. The standard InChI is InChI=1S/C24H27N3O4/c1-16(30-21-13-7-9-17-8-4-5-12-20(17)21)24(28)27(2)15-22-25-23(26-31-22)18-10-6-11-19(14-18)29-3/h6-7,9-11,13-14,16H,4-5,8,12,15H2,1-3H3/t16-/m0/s1. The van der Waals surface area contributed by atoms with Crippen molar-refractivity contribution in [2.45, 2.75) is 45.3 Å². The zero-order valence-corrected chi connectivity index (χ0v) is 18.1. The van der Waals surface area contributed by atoms with Crippen LogP contribution in [0.4, 0.5) is 0 Å². The van der Waals surface area contributed by atoms with E-state index in [1.165, 1.54) is 17.5 Å². The van der Waals surface area contributed by atoms with E-state index in [9.17, 15) is 4.79 Å². The predicted octanol–water partition coefficient (Wildman–Crippen LogP) is 4.05. The summed E-state index contributed by atoms with van der Waals surface area (Å²) in [6.45, 7) is 1.98. The smallest absolute Gasteiger partial charge is 0.263 e. The van der Waals surface area contributed by atoms with Crippen molar-refractivity contribution in [2.75, 3.05) is 14.2 Å². The zero-order valence-electron chi connectivity index (χ0n) is 18.1. The third-order valence-electron chi connectivity index (χ3n) is 5.55. The monoisotopic (exact) mass is 421 g/mol. The van der Waals surface area contributed by atoms with Crippen LogP contribution in [0.1, 0.15) is 36.8 Å². The Balaban J connectivity index is 1.40. The van der Waals surface area contributed by atoms with Crippen molar-refractivity contribution in [1.82, 2.24) is 15.0 Å². The van der Waals surface area contributed by atoms with Crippen molar-refractivity contribution in [3.05, 3.63) is 59.5 Å². The number of carbonyl (C=O) groups is 1. The van der Waals surface area contributed by atoms with E-state index in [0.717, 1.165) is 30.6 Å². The summed E-state index contributed by atoms with van der Waals surface area (Å²) in [5.74, 6) is 2.19. The number of amides is 1. The summed E-state index contributed by atoms with van der Waals surface area (Å²) in [6, 6.07) is 13.5. The first-order chi connectivity index (χ1) is 15.0. The number of benzene rings is 2. The first kappa shape index (κ1) is 20.9. The highest BCUT2D eigenvalue weighted by molar-refractivity contribution is 5.80. The molecule has 1 amide bonds. The molecule has 31 heavy (non-hydrogen) atoms. The lowest BCUT2D eigenvalue weighted by Crippen LogP contribution is -2.37. The van der Waals surface area contributed by atoms with Crippen LogP contribution in [0, 0.1) is 0 Å². The molecule has 7 heteroatoms. The summed E-state index contributed by atoms with van der Waals surface area (Å²) >= 11 is 0. The highest BCUT2D eigenvalue weighted by Gasteiger charge is 2.23. The molecular weight excluding hydrogens is 394 g/mol. The minimum Gasteiger partial charge on any atom is -0.497 e. The molecule has 0 saturated heterocycles. The Labute approximate surface area is 182 Å². The molecule has 2 aromatic carbocycles. The van der Waals surface area contributed by atoms with Gasteiger partial charge in [0.1, 0.15) is 11.5 Å². The molecule has 3 aromatic rings. The lowest BCUT2D eigenvalue weighted by atomic mass is 9.91. The van der Waals surface area contributed by atoms with Gasteiger partial charge in [0.2, 0.25) is 11.7 Å². The molecule has 1 aliphatic carbocycles. The minimum atomic E-state index is -0.612. The molecule has 0 bridgehead atoms. The van der Waals surface area contributed by atoms with Crippen molar-refractivity contribution in [2.24, 2.45) is 0 Å². The van der Waals surface area contributed by atoms with Gasteiger partial charge in [-0.25, -0.2) is 0 Å². The van der Waals surface area contributed by atoms with Crippen LogP contribution in [0.2, 0.25) is 0 Å². The molecule has 4 rings (SSSR count). The van der Waals surface area contributed by atoms with Crippen LogP contribution in [-0.2, 0) is 24.2 Å². The highest BCUT2D eigenvalue weighted by atomic mass is 16.5. The van der Waals surface area contributed by atoms with Crippen LogP contribution in [0.15, 0.2) is 47.0 Å². The van der Waals surface area contributed by atoms with Crippen LogP contribution in [0.3, 0.4) is 0 Å². The van der Waals surface area contributed by atoms with E-state index >= 15 is 0 Å². The maximum atomic E-state index is 12.9. The van der Waals surface area contributed by atoms with E-state index in [2.05, 4.69) is 16.2 Å². The maximum absolute atomic E-state index is 12.9. The highest BCUT2D eigenvalue weighted by Crippen LogP contribution is 2.30. The number of aryl methyl sites for hydroxylation is 1. The Bertz CT molecular complexity index is 1060. The average Bonchev–Trinajstić information content (AvgIpc) is 3.27. The third-order valence-corrected chi connectivity index (χ3v) is 5.55. The summed E-state index contributed by atoms with van der Waals surface area (Å²) in [4.78, 5) is 18.8. The summed E-state index contributed by atoms with van der Waals surface area (Å²) in [7, 11) is 3.31. The third kappa shape index (κ3) is 4.71. The summed E-state index contributed by atoms with van der Waals surface area (Å²) < 4.78 is 16.6. The molecule has 0 radical (unpaired) electrons. The minimum absolute atomic E-state index is 0.144. The van der Waals surface area contributed by atoms with Gasteiger partial charge in [-0.15, -0.1) is 0 Å². The van der Waals surface area contributed by atoms with Gasteiger partial charge in [-0.1, -0.05) is 29.4 Å². The summed E-state index contributed by atoms with van der Waals surface area (Å²) in [6.07, 6.45) is 3.82. The summed E-state index contributed by atoms with van der Waals surface area (Å²) in [5.41, 5.74) is 3.34. The number of ether oxygens (including phenoxy) is 2. The van der Waals surface area contributed by atoms with Crippen LogP contribution in [0.5, 0.6) is 11.5 Å². The zero-order chi connectivity index (χ0) is 21.8. The molecule has 162 valence electrons. The number of rotatable bonds is 7. The molecular formula is C24H27N3O4. The molecule has 1 aliphatic rings. The van der Waals surface area contributed by atoms with E-state index in [-0.39, 0.29) is 12.5 Å². The molecule has 1 aromatic heterocycles. The number of hydrogen-bond acceptors (Lipinski definition) is 6. The number of carbonyl (C=O) groups excluding carboxylic acids is 1. The molecule has 1 atom stereocenters. The number of hydrogen-bond donors (Lipinski definition) is 0.